The average molecular weight is 225 g/mol. The molecule has 1 saturated carbocycles. The van der Waals surface area contributed by atoms with Gasteiger partial charge in [0, 0.05) is 11.0 Å². The molecule has 1 fully saturated rings. The Labute approximate surface area is 94.7 Å². The second-order valence-corrected chi connectivity index (χ2v) is 5.39. The van der Waals surface area contributed by atoms with Crippen molar-refractivity contribution < 1.29 is 8.78 Å². The highest BCUT2D eigenvalue weighted by Gasteiger charge is 2.55. The molecular weight excluding hydrogens is 208 g/mol. The van der Waals surface area contributed by atoms with Crippen molar-refractivity contribution in [2.75, 3.05) is 0 Å². The highest BCUT2D eigenvalue weighted by Crippen LogP contribution is 2.55. The molecule has 1 aliphatic rings. The van der Waals surface area contributed by atoms with Gasteiger partial charge in [0.05, 0.1) is 0 Å². The number of aryl methyl sites for hydroxylation is 1. The van der Waals surface area contributed by atoms with E-state index >= 15 is 0 Å². The van der Waals surface area contributed by atoms with Crippen molar-refractivity contribution in [1.29, 1.82) is 0 Å². The molecule has 1 aromatic rings. The predicted molar refractivity (Wildman–Crippen MR) is 60.3 cm³/mol. The quantitative estimate of drug-likeness (QED) is 0.822. The van der Waals surface area contributed by atoms with Crippen LogP contribution in [0.3, 0.4) is 0 Å². The van der Waals surface area contributed by atoms with Crippen molar-refractivity contribution in [3.8, 4) is 0 Å². The van der Waals surface area contributed by atoms with E-state index in [0.717, 1.165) is 12.8 Å². The molecule has 88 valence electrons. The van der Waals surface area contributed by atoms with Gasteiger partial charge in [0.25, 0.3) is 0 Å². The minimum atomic E-state index is -0.518. The molecule has 2 N–H and O–H groups in total. The molecule has 16 heavy (non-hydrogen) atoms. The maximum Gasteiger partial charge on any atom is 0.127 e. The molecule has 0 aromatic heterocycles. The third-order valence-electron chi connectivity index (χ3n) is 3.75. The van der Waals surface area contributed by atoms with Gasteiger partial charge >= 0.3 is 0 Å². The van der Waals surface area contributed by atoms with Crippen molar-refractivity contribution in [1.82, 2.24) is 0 Å². The fourth-order valence-corrected chi connectivity index (χ4v) is 2.40. The summed E-state index contributed by atoms with van der Waals surface area (Å²) in [7, 11) is 0. The fourth-order valence-electron chi connectivity index (χ4n) is 2.40. The zero-order chi connectivity index (χ0) is 12.1. The Morgan fingerprint density at radius 3 is 2.19 bits per heavy atom. The van der Waals surface area contributed by atoms with Crippen LogP contribution in [0.5, 0.6) is 0 Å². The highest BCUT2D eigenvalue weighted by atomic mass is 19.1. The maximum absolute atomic E-state index is 13.9. The first-order valence-electron chi connectivity index (χ1n) is 5.53. The van der Waals surface area contributed by atoms with E-state index < -0.39 is 5.54 Å². The van der Waals surface area contributed by atoms with Crippen LogP contribution in [-0.2, 0) is 5.41 Å². The molecule has 0 unspecified atom stereocenters. The van der Waals surface area contributed by atoms with Gasteiger partial charge in [-0.05, 0) is 56.9 Å². The first kappa shape index (κ1) is 11.5. The molecule has 3 heteroatoms. The number of hydrogen-bond acceptors (Lipinski definition) is 1. The van der Waals surface area contributed by atoms with Gasteiger partial charge in [-0.25, -0.2) is 8.78 Å². The molecule has 1 aromatic carbocycles. The van der Waals surface area contributed by atoms with E-state index in [2.05, 4.69) is 0 Å². The normalized spacial score (nSPS) is 18.6. The summed E-state index contributed by atoms with van der Waals surface area (Å²) in [5.74, 6) is -0.693. The summed E-state index contributed by atoms with van der Waals surface area (Å²) in [6.45, 7) is 5.31. The SMILES string of the molecule is Cc1cc(F)c(C2(C(C)(C)N)CC2)cc1F. The Hall–Kier alpha value is -0.960. The third-order valence-corrected chi connectivity index (χ3v) is 3.75. The van der Waals surface area contributed by atoms with E-state index in [1.165, 1.54) is 12.1 Å². The minimum absolute atomic E-state index is 0.338. The smallest absolute Gasteiger partial charge is 0.127 e. The first-order valence-corrected chi connectivity index (χ1v) is 5.53. The summed E-state index contributed by atoms with van der Waals surface area (Å²) in [6, 6.07) is 2.57. The van der Waals surface area contributed by atoms with Crippen LogP contribution >= 0.6 is 0 Å². The number of nitrogens with two attached hydrogens (primary N) is 1. The fraction of sp³-hybridized carbons (Fsp3) is 0.538. The van der Waals surface area contributed by atoms with Crippen LogP contribution in [0.1, 0.15) is 37.8 Å². The number of benzene rings is 1. The van der Waals surface area contributed by atoms with Gasteiger partial charge in [-0.1, -0.05) is 0 Å². The zero-order valence-electron chi connectivity index (χ0n) is 9.90. The lowest BCUT2D eigenvalue weighted by molar-refractivity contribution is 0.377. The Balaban J connectivity index is 2.54. The second-order valence-electron chi connectivity index (χ2n) is 5.39. The summed E-state index contributed by atoms with van der Waals surface area (Å²) < 4.78 is 27.4. The molecule has 0 atom stereocenters. The minimum Gasteiger partial charge on any atom is -0.325 e. The second kappa shape index (κ2) is 3.27. The van der Waals surface area contributed by atoms with Crippen molar-refractivity contribution in [3.05, 3.63) is 34.9 Å². The molecule has 1 nitrogen and oxygen atoms in total. The molecule has 0 saturated heterocycles. The van der Waals surface area contributed by atoms with Gasteiger partial charge in [0.15, 0.2) is 0 Å². The summed E-state index contributed by atoms with van der Waals surface area (Å²) >= 11 is 0. The van der Waals surface area contributed by atoms with Crippen LogP contribution in [0.15, 0.2) is 12.1 Å². The topological polar surface area (TPSA) is 26.0 Å². The van der Waals surface area contributed by atoms with Crippen molar-refractivity contribution >= 4 is 0 Å². The van der Waals surface area contributed by atoms with Gasteiger partial charge in [-0.15, -0.1) is 0 Å². The van der Waals surface area contributed by atoms with Gasteiger partial charge in [0.1, 0.15) is 11.6 Å². The Kier molecular flexibility index (Phi) is 2.35. The number of halogens is 2. The maximum atomic E-state index is 13.9. The van der Waals surface area contributed by atoms with Crippen LogP contribution in [0, 0.1) is 18.6 Å². The lowest BCUT2D eigenvalue weighted by atomic mass is 9.79. The molecule has 0 heterocycles. The van der Waals surface area contributed by atoms with Crippen LogP contribution in [0.25, 0.3) is 0 Å². The highest BCUT2D eigenvalue weighted by molar-refractivity contribution is 5.39. The first-order chi connectivity index (χ1) is 7.28. The summed E-state index contributed by atoms with van der Waals surface area (Å²) in [6.07, 6.45) is 1.66. The monoisotopic (exact) mass is 225 g/mol. The average Bonchev–Trinajstić information content (AvgIpc) is 2.90. The van der Waals surface area contributed by atoms with Crippen LogP contribution < -0.4 is 5.73 Å². The number of rotatable bonds is 2. The molecule has 0 spiro atoms. The number of hydrogen-bond donors (Lipinski definition) is 1. The van der Waals surface area contributed by atoms with Crippen molar-refractivity contribution in [3.63, 3.8) is 0 Å². The molecule has 2 rings (SSSR count). The Morgan fingerprint density at radius 1 is 1.19 bits per heavy atom. The largest absolute Gasteiger partial charge is 0.325 e. The predicted octanol–water partition coefficient (Wildman–Crippen LogP) is 3.04. The standard InChI is InChI=1S/C13H17F2N/c1-8-6-11(15)9(7-10(8)14)13(4-5-13)12(2,3)16/h6-7H,4-5,16H2,1-3H3. The van der Waals surface area contributed by atoms with Crippen molar-refractivity contribution in [2.45, 2.75) is 44.6 Å². The summed E-state index contributed by atoms with van der Waals surface area (Å²) in [5, 5.41) is 0. The lowest BCUT2D eigenvalue weighted by Gasteiger charge is -2.31. The van der Waals surface area contributed by atoms with E-state index in [0.29, 0.717) is 11.1 Å². The van der Waals surface area contributed by atoms with Gasteiger partial charge in [0.2, 0.25) is 0 Å². The summed E-state index contributed by atoms with van der Waals surface area (Å²) in [5.41, 5.74) is 5.95. The van der Waals surface area contributed by atoms with Gasteiger partial charge < -0.3 is 5.73 Å². The zero-order valence-corrected chi connectivity index (χ0v) is 9.90. The molecule has 1 aliphatic carbocycles. The van der Waals surface area contributed by atoms with Crippen LogP contribution in [0.4, 0.5) is 8.78 Å². The molecule has 0 amide bonds. The van der Waals surface area contributed by atoms with Crippen LogP contribution in [0.2, 0.25) is 0 Å². The van der Waals surface area contributed by atoms with E-state index in [1.54, 1.807) is 6.92 Å². The molecule has 0 aliphatic heterocycles. The molecule has 0 bridgehead atoms. The summed E-state index contributed by atoms with van der Waals surface area (Å²) in [4.78, 5) is 0. The van der Waals surface area contributed by atoms with Gasteiger partial charge in [-0.3, -0.25) is 0 Å². The third kappa shape index (κ3) is 1.54. The molecule has 0 radical (unpaired) electrons. The Bertz CT molecular complexity index is 428. The molecular formula is C13H17F2N. The van der Waals surface area contributed by atoms with Crippen LogP contribution in [-0.4, -0.2) is 5.54 Å². The van der Waals surface area contributed by atoms with E-state index in [-0.39, 0.29) is 17.0 Å². The van der Waals surface area contributed by atoms with Gasteiger partial charge in [-0.2, -0.15) is 0 Å². The van der Waals surface area contributed by atoms with E-state index in [9.17, 15) is 8.78 Å². The van der Waals surface area contributed by atoms with E-state index in [1.807, 2.05) is 13.8 Å². The van der Waals surface area contributed by atoms with Crippen molar-refractivity contribution in [2.24, 2.45) is 5.73 Å². The Morgan fingerprint density at radius 2 is 1.75 bits per heavy atom. The van der Waals surface area contributed by atoms with E-state index in [4.69, 9.17) is 5.73 Å². The lowest BCUT2D eigenvalue weighted by Crippen LogP contribution is -2.45.